The van der Waals surface area contributed by atoms with Crippen molar-refractivity contribution >= 4 is 33.4 Å². The van der Waals surface area contributed by atoms with Gasteiger partial charge in [0.25, 0.3) is 0 Å². The number of sulfonamides is 1. The van der Waals surface area contributed by atoms with Gasteiger partial charge in [0.1, 0.15) is 0 Å². The molecule has 3 saturated heterocycles. The van der Waals surface area contributed by atoms with E-state index in [1.807, 2.05) is 12.1 Å². The highest BCUT2D eigenvalue weighted by Crippen LogP contribution is 2.34. The Morgan fingerprint density at radius 3 is 2.37 bits per heavy atom. The average molecular weight is 457 g/mol. The molecular weight excluding hydrogens is 428 g/mol. The Bertz CT molecular complexity index is 890. The number of hydrogen-bond donors (Lipinski definition) is 2. The van der Waals surface area contributed by atoms with Gasteiger partial charge in [-0.15, -0.1) is 0 Å². The Morgan fingerprint density at radius 1 is 1.17 bits per heavy atom. The first-order chi connectivity index (χ1) is 14.2. The van der Waals surface area contributed by atoms with Gasteiger partial charge in [-0.3, -0.25) is 4.90 Å². The third-order valence-corrected chi connectivity index (χ3v) is 7.48. The zero-order chi connectivity index (χ0) is 21.5. The number of carbonyl (C=O) groups is 1. The second-order valence-corrected chi connectivity index (χ2v) is 11.0. The molecule has 2 N–H and O–H groups in total. The number of nitrogens with one attached hydrogen (secondary N) is 1. The molecule has 166 valence electrons. The summed E-state index contributed by atoms with van der Waals surface area (Å²) in [5.74, 6) is 0.808. The van der Waals surface area contributed by atoms with Crippen LogP contribution in [0, 0.1) is 11.8 Å². The van der Waals surface area contributed by atoms with Gasteiger partial charge in [0, 0.05) is 62.6 Å². The van der Waals surface area contributed by atoms with E-state index in [-0.39, 0.29) is 6.04 Å². The van der Waals surface area contributed by atoms with Crippen LogP contribution in [0.2, 0.25) is 5.02 Å². The van der Waals surface area contributed by atoms with E-state index in [1.165, 1.54) is 16.7 Å². The lowest BCUT2D eigenvalue weighted by molar-refractivity contribution is 0.148. The summed E-state index contributed by atoms with van der Waals surface area (Å²) in [5, 5.41) is 9.92. The quantitative estimate of drug-likeness (QED) is 0.703. The minimum Gasteiger partial charge on any atom is -0.465 e. The molecule has 0 spiro atoms. The van der Waals surface area contributed by atoms with E-state index in [0.29, 0.717) is 29.9 Å². The molecule has 10 heteroatoms. The van der Waals surface area contributed by atoms with E-state index >= 15 is 0 Å². The molecule has 3 aliphatic heterocycles. The maximum absolute atomic E-state index is 11.5. The third-order valence-electron chi connectivity index (χ3n) is 6.48. The molecule has 0 aliphatic carbocycles. The van der Waals surface area contributed by atoms with Gasteiger partial charge in [-0.2, -0.15) is 0 Å². The smallest absolute Gasteiger partial charge is 0.407 e. The van der Waals surface area contributed by atoms with Crippen LogP contribution in [0.1, 0.15) is 18.4 Å². The van der Waals surface area contributed by atoms with E-state index in [2.05, 4.69) is 20.6 Å². The van der Waals surface area contributed by atoms with Crippen LogP contribution in [0.5, 0.6) is 0 Å². The molecule has 3 aliphatic rings. The van der Waals surface area contributed by atoms with Crippen LogP contribution in [-0.2, 0) is 16.6 Å². The summed E-state index contributed by atoms with van der Waals surface area (Å²) in [4.78, 5) is 17.5. The van der Waals surface area contributed by atoms with Crippen molar-refractivity contribution in [3.63, 3.8) is 0 Å². The molecule has 1 aromatic rings. The van der Waals surface area contributed by atoms with Crippen molar-refractivity contribution in [2.75, 3.05) is 50.4 Å². The maximum atomic E-state index is 11.5. The lowest BCUT2D eigenvalue weighted by atomic mass is 10.0. The predicted molar refractivity (Wildman–Crippen MR) is 117 cm³/mol. The molecule has 0 bridgehead atoms. The molecule has 8 nitrogen and oxygen atoms in total. The number of halogens is 1. The molecule has 2 atom stereocenters. The largest absolute Gasteiger partial charge is 0.465 e. The van der Waals surface area contributed by atoms with Crippen molar-refractivity contribution in [1.82, 2.24) is 14.5 Å². The zero-order valence-corrected chi connectivity index (χ0v) is 18.7. The van der Waals surface area contributed by atoms with Crippen molar-refractivity contribution < 1.29 is 18.3 Å². The standard InChI is InChI=1S/C20H29ClN4O4S/c1-30(28,29)22-18-4-6-24(7-5-18)19-3-2-17(21)8-14(19)9-23-10-15-12-25(20(26)27)13-16(15)11-23/h2-3,8,15-16,18,22H,4-7,9-13H2,1H3,(H,26,27). The summed E-state index contributed by atoms with van der Waals surface area (Å²) < 4.78 is 25.7. The Kier molecular flexibility index (Phi) is 6.16. The summed E-state index contributed by atoms with van der Waals surface area (Å²) in [6, 6.07) is 5.98. The molecule has 3 fully saturated rings. The predicted octanol–water partition coefficient (Wildman–Crippen LogP) is 1.90. The molecule has 0 saturated carbocycles. The molecule has 0 aromatic heterocycles. The number of piperidine rings is 1. The van der Waals surface area contributed by atoms with Crippen LogP contribution in [0.25, 0.3) is 0 Å². The fourth-order valence-corrected chi connectivity index (χ4v) is 6.18. The highest BCUT2D eigenvalue weighted by atomic mass is 35.5. The zero-order valence-electron chi connectivity index (χ0n) is 17.1. The van der Waals surface area contributed by atoms with Gasteiger partial charge < -0.3 is 14.9 Å². The van der Waals surface area contributed by atoms with Crippen molar-refractivity contribution in [3.05, 3.63) is 28.8 Å². The normalized spacial score (nSPS) is 25.7. The third kappa shape index (κ3) is 5.01. The Hall–Kier alpha value is -1.55. The van der Waals surface area contributed by atoms with Crippen LogP contribution < -0.4 is 9.62 Å². The fraction of sp³-hybridized carbons (Fsp3) is 0.650. The number of amides is 1. The SMILES string of the molecule is CS(=O)(=O)NC1CCN(c2ccc(Cl)cc2CN2CC3CN(C(=O)O)CC3C2)CC1. The van der Waals surface area contributed by atoms with Gasteiger partial charge in [-0.25, -0.2) is 17.9 Å². The topological polar surface area (TPSA) is 93.2 Å². The lowest BCUT2D eigenvalue weighted by Gasteiger charge is -2.35. The second-order valence-electron chi connectivity index (χ2n) is 8.83. The summed E-state index contributed by atoms with van der Waals surface area (Å²) in [6.07, 6.45) is 1.93. The number of nitrogens with zero attached hydrogens (tertiary/aromatic N) is 3. The summed E-state index contributed by atoms with van der Waals surface area (Å²) in [6.45, 7) is 5.43. The van der Waals surface area contributed by atoms with Crippen LogP contribution >= 0.6 is 11.6 Å². The van der Waals surface area contributed by atoms with Gasteiger partial charge in [0.2, 0.25) is 10.0 Å². The summed E-state index contributed by atoms with van der Waals surface area (Å²) in [5.41, 5.74) is 2.33. The number of carboxylic acid groups (broad SMARTS) is 1. The molecule has 30 heavy (non-hydrogen) atoms. The van der Waals surface area contributed by atoms with Gasteiger partial charge >= 0.3 is 6.09 Å². The lowest BCUT2D eigenvalue weighted by Crippen LogP contribution is -2.44. The molecule has 2 unspecified atom stereocenters. The fourth-order valence-electron chi connectivity index (χ4n) is 5.15. The van der Waals surface area contributed by atoms with Gasteiger partial charge in [0.15, 0.2) is 0 Å². The van der Waals surface area contributed by atoms with Gasteiger partial charge in [-0.1, -0.05) is 11.6 Å². The second kappa shape index (κ2) is 8.53. The Balaban J connectivity index is 1.40. The van der Waals surface area contributed by atoms with Crippen molar-refractivity contribution in [3.8, 4) is 0 Å². The van der Waals surface area contributed by atoms with Crippen LogP contribution in [0.3, 0.4) is 0 Å². The molecule has 4 rings (SSSR count). The number of fused-ring (bicyclic) bond motifs is 1. The summed E-state index contributed by atoms with van der Waals surface area (Å²) in [7, 11) is -3.19. The van der Waals surface area contributed by atoms with E-state index in [0.717, 1.165) is 51.3 Å². The molecule has 3 heterocycles. The molecule has 1 amide bonds. The van der Waals surface area contributed by atoms with E-state index in [1.54, 1.807) is 0 Å². The van der Waals surface area contributed by atoms with E-state index < -0.39 is 16.1 Å². The number of anilines is 1. The van der Waals surface area contributed by atoms with Crippen molar-refractivity contribution in [2.45, 2.75) is 25.4 Å². The van der Waals surface area contributed by atoms with Crippen LogP contribution in [-0.4, -0.2) is 81.0 Å². The van der Waals surface area contributed by atoms with E-state index in [4.69, 9.17) is 11.6 Å². The first-order valence-corrected chi connectivity index (χ1v) is 12.7. The minimum absolute atomic E-state index is 0.0119. The van der Waals surface area contributed by atoms with Crippen LogP contribution in [0.15, 0.2) is 18.2 Å². The molecule has 1 aromatic carbocycles. The highest BCUT2D eigenvalue weighted by Gasteiger charge is 2.41. The van der Waals surface area contributed by atoms with Gasteiger partial charge in [0.05, 0.1) is 6.26 Å². The van der Waals surface area contributed by atoms with Crippen molar-refractivity contribution in [1.29, 1.82) is 0 Å². The van der Waals surface area contributed by atoms with Crippen molar-refractivity contribution in [2.24, 2.45) is 11.8 Å². The number of likely N-dealkylation sites (tertiary alicyclic amines) is 2. The van der Waals surface area contributed by atoms with E-state index in [9.17, 15) is 18.3 Å². The summed E-state index contributed by atoms with van der Waals surface area (Å²) >= 11 is 6.30. The molecule has 0 radical (unpaired) electrons. The Morgan fingerprint density at radius 2 is 1.80 bits per heavy atom. The number of benzene rings is 1. The first kappa shape index (κ1) is 21.7. The highest BCUT2D eigenvalue weighted by molar-refractivity contribution is 7.88. The minimum atomic E-state index is -3.19. The number of hydrogen-bond acceptors (Lipinski definition) is 5. The van der Waals surface area contributed by atoms with Gasteiger partial charge in [-0.05, 0) is 48.4 Å². The Labute approximate surface area is 182 Å². The monoisotopic (exact) mass is 456 g/mol. The number of rotatable bonds is 5. The molecular formula is C20H29ClN4O4S. The van der Waals surface area contributed by atoms with Crippen LogP contribution in [0.4, 0.5) is 10.5 Å². The first-order valence-electron chi connectivity index (χ1n) is 10.4. The maximum Gasteiger partial charge on any atom is 0.407 e. The average Bonchev–Trinajstić information content (AvgIpc) is 3.20.